The number of aryl methyl sites for hydroxylation is 1. The number of nitrogens with zero attached hydrogens (tertiary/aromatic N) is 3. The van der Waals surface area contributed by atoms with Crippen molar-refractivity contribution in [3.63, 3.8) is 0 Å². The maximum Gasteiger partial charge on any atom is 0.254 e. The Morgan fingerprint density at radius 2 is 1.96 bits per heavy atom. The molecule has 1 aliphatic heterocycles. The van der Waals surface area contributed by atoms with Crippen LogP contribution in [0.3, 0.4) is 0 Å². The summed E-state index contributed by atoms with van der Waals surface area (Å²) < 4.78 is 9.38. The fourth-order valence-corrected chi connectivity index (χ4v) is 3.24. The van der Waals surface area contributed by atoms with Gasteiger partial charge >= 0.3 is 0 Å². The van der Waals surface area contributed by atoms with E-state index < -0.39 is 0 Å². The number of aromatic nitrogens is 2. The van der Waals surface area contributed by atoms with Crippen molar-refractivity contribution in [3.8, 4) is 5.75 Å². The number of ether oxygens (including phenoxy) is 1. The summed E-state index contributed by atoms with van der Waals surface area (Å²) in [5, 5.41) is 1.13. The van der Waals surface area contributed by atoms with E-state index in [1.165, 1.54) is 6.07 Å². The molecule has 0 saturated carbocycles. The number of likely N-dealkylation sites (tertiary alicyclic amines) is 1. The number of rotatable bonds is 4. The predicted octanol–water partition coefficient (Wildman–Crippen LogP) is 1.94. The average Bonchev–Trinajstić information content (AvgIpc) is 2.98. The number of fused-ring (bicyclic) bond motifs is 1. The highest BCUT2D eigenvalue weighted by atomic mass is 16.5. The van der Waals surface area contributed by atoms with E-state index in [4.69, 9.17) is 4.74 Å². The van der Waals surface area contributed by atoms with Gasteiger partial charge in [0.15, 0.2) is 0 Å². The zero-order chi connectivity index (χ0) is 18.3. The molecular formula is C20H21N3O3. The van der Waals surface area contributed by atoms with Gasteiger partial charge in [-0.15, -0.1) is 0 Å². The van der Waals surface area contributed by atoms with Gasteiger partial charge in [-0.2, -0.15) is 0 Å². The second kappa shape index (κ2) is 6.37. The van der Waals surface area contributed by atoms with Crippen LogP contribution in [0.4, 0.5) is 0 Å². The Balaban J connectivity index is 1.36. The molecule has 3 aromatic rings. The third kappa shape index (κ3) is 2.98. The number of hydrogen-bond donors (Lipinski definition) is 0. The minimum Gasteiger partial charge on any atom is -0.486 e. The number of para-hydroxylation sites is 1. The van der Waals surface area contributed by atoms with E-state index in [0.717, 1.165) is 16.6 Å². The molecular weight excluding hydrogens is 330 g/mol. The molecule has 0 aliphatic carbocycles. The average molecular weight is 351 g/mol. The lowest BCUT2D eigenvalue weighted by Gasteiger charge is -2.39. The lowest BCUT2D eigenvalue weighted by molar-refractivity contribution is -0.140. The summed E-state index contributed by atoms with van der Waals surface area (Å²) in [6.07, 6.45) is 1.88. The van der Waals surface area contributed by atoms with Crippen molar-refractivity contribution in [1.82, 2.24) is 14.0 Å². The van der Waals surface area contributed by atoms with Crippen molar-refractivity contribution in [2.75, 3.05) is 13.1 Å². The zero-order valence-corrected chi connectivity index (χ0v) is 14.9. The third-order valence-corrected chi connectivity index (χ3v) is 4.97. The molecule has 0 atom stereocenters. The Labute approximate surface area is 151 Å². The van der Waals surface area contributed by atoms with Gasteiger partial charge in [0, 0.05) is 30.5 Å². The molecule has 0 radical (unpaired) electrons. The highest BCUT2D eigenvalue weighted by Crippen LogP contribution is 2.19. The number of hydrogen-bond acceptors (Lipinski definition) is 3. The van der Waals surface area contributed by atoms with Gasteiger partial charge in [0.05, 0.1) is 13.1 Å². The quantitative estimate of drug-likeness (QED) is 0.722. The van der Waals surface area contributed by atoms with Crippen LogP contribution in [0.1, 0.15) is 5.69 Å². The largest absolute Gasteiger partial charge is 0.486 e. The van der Waals surface area contributed by atoms with Gasteiger partial charge in [-0.3, -0.25) is 9.59 Å². The van der Waals surface area contributed by atoms with Gasteiger partial charge in [0.1, 0.15) is 18.4 Å². The lowest BCUT2D eigenvalue weighted by atomic mass is 10.1. The molecule has 0 unspecified atom stereocenters. The second-order valence-electron chi connectivity index (χ2n) is 6.77. The van der Waals surface area contributed by atoms with Crippen molar-refractivity contribution in [2.24, 2.45) is 7.05 Å². The second-order valence-corrected chi connectivity index (χ2v) is 6.77. The summed E-state index contributed by atoms with van der Waals surface area (Å²) >= 11 is 0. The molecule has 1 saturated heterocycles. The number of amides is 1. The monoisotopic (exact) mass is 351 g/mol. The number of benzene rings is 1. The van der Waals surface area contributed by atoms with E-state index in [2.05, 4.69) is 0 Å². The fraction of sp³-hybridized carbons (Fsp3) is 0.300. The van der Waals surface area contributed by atoms with Crippen LogP contribution in [0, 0.1) is 6.92 Å². The van der Waals surface area contributed by atoms with Crippen LogP contribution >= 0.6 is 0 Å². The summed E-state index contributed by atoms with van der Waals surface area (Å²) in [5.41, 5.74) is 1.82. The van der Waals surface area contributed by atoms with E-state index in [1.807, 2.05) is 54.1 Å². The predicted molar refractivity (Wildman–Crippen MR) is 99.4 cm³/mol. The van der Waals surface area contributed by atoms with Gasteiger partial charge in [-0.25, -0.2) is 0 Å². The van der Waals surface area contributed by atoms with Gasteiger partial charge in [-0.05, 0) is 30.5 Å². The first kappa shape index (κ1) is 16.4. The van der Waals surface area contributed by atoms with E-state index in [-0.39, 0.29) is 17.6 Å². The zero-order valence-electron chi connectivity index (χ0n) is 14.9. The topological polar surface area (TPSA) is 56.5 Å². The van der Waals surface area contributed by atoms with Crippen molar-refractivity contribution >= 4 is 16.8 Å². The molecule has 1 aliphatic rings. The minimum absolute atomic E-state index is 0.0631. The maximum atomic E-state index is 12.5. The van der Waals surface area contributed by atoms with Crippen molar-refractivity contribution in [3.05, 3.63) is 64.7 Å². The summed E-state index contributed by atoms with van der Waals surface area (Å²) in [5.74, 6) is 0.644. The van der Waals surface area contributed by atoms with E-state index >= 15 is 0 Å². The molecule has 1 amide bonds. The first-order valence-electron chi connectivity index (χ1n) is 8.67. The molecule has 1 fully saturated rings. The molecule has 2 aromatic heterocycles. The summed E-state index contributed by atoms with van der Waals surface area (Å²) in [7, 11) is 1.73. The van der Waals surface area contributed by atoms with Gasteiger partial charge < -0.3 is 18.8 Å². The molecule has 0 N–H and O–H groups in total. The SMILES string of the molecule is Cc1cc(OC2CN(C(=O)Cn3ccc4ccccc43)C2)cc(=O)n1C. The van der Waals surface area contributed by atoms with Crippen LogP contribution in [0.5, 0.6) is 5.75 Å². The first-order chi connectivity index (χ1) is 12.5. The third-order valence-electron chi connectivity index (χ3n) is 4.97. The van der Waals surface area contributed by atoms with Crippen LogP contribution in [0.15, 0.2) is 53.5 Å². The molecule has 1 aromatic carbocycles. The summed E-state index contributed by atoms with van der Waals surface area (Å²) in [6.45, 7) is 3.29. The van der Waals surface area contributed by atoms with Gasteiger partial charge in [0.25, 0.3) is 5.56 Å². The minimum atomic E-state index is -0.0910. The molecule has 0 spiro atoms. The Hall–Kier alpha value is -3.02. The van der Waals surface area contributed by atoms with Gasteiger partial charge in [0.2, 0.25) is 5.91 Å². The van der Waals surface area contributed by atoms with Crippen LogP contribution < -0.4 is 10.3 Å². The van der Waals surface area contributed by atoms with Crippen LogP contribution in [0.25, 0.3) is 10.9 Å². The molecule has 26 heavy (non-hydrogen) atoms. The van der Waals surface area contributed by atoms with Crippen LogP contribution in [-0.4, -0.2) is 39.1 Å². The van der Waals surface area contributed by atoms with Gasteiger partial charge in [-0.1, -0.05) is 18.2 Å². The number of carbonyl (C=O) groups is 1. The summed E-state index contributed by atoms with van der Waals surface area (Å²) in [6, 6.07) is 13.4. The lowest BCUT2D eigenvalue weighted by Crippen LogP contribution is -2.56. The first-order valence-corrected chi connectivity index (χ1v) is 8.67. The van der Waals surface area contributed by atoms with Crippen molar-refractivity contribution in [2.45, 2.75) is 19.6 Å². The smallest absolute Gasteiger partial charge is 0.254 e. The van der Waals surface area contributed by atoms with Crippen molar-refractivity contribution < 1.29 is 9.53 Å². The normalized spacial score (nSPS) is 14.5. The Bertz CT molecular complexity index is 1030. The standard InChI is InChI=1S/C20H21N3O3/c1-14-9-16(10-19(24)21(14)2)26-17-11-23(12-17)20(25)13-22-8-7-15-5-3-4-6-18(15)22/h3-10,17H,11-13H2,1-2H3. The molecule has 4 rings (SSSR count). The highest BCUT2D eigenvalue weighted by molar-refractivity contribution is 5.83. The molecule has 6 nitrogen and oxygen atoms in total. The molecule has 0 bridgehead atoms. The highest BCUT2D eigenvalue weighted by Gasteiger charge is 2.32. The Morgan fingerprint density at radius 1 is 1.19 bits per heavy atom. The van der Waals surface area contributed by atoms with Crippen LogP contribution in [-0.2, 0) is 18.4 Å². The molecule has 6 heteroatoms. The number of carbonyl (C=O) groups excluding carboxylic acids is 1. The Kier molecular flexibility index (Phi) is 4.03. The molecule has 3 heterocycles. The number of pyridine rings is 1. The molecule has 134 valence electrons. The van der Waals surface area contributed by atoms with E-state index in [1.54, 1.807) is 16.5 Å². The maximum absolute atomic E-state index is 12.5. The Morgan fingerprint density at radius 3 is 2.73 bits per heavy atom. The van der Waals surface area contributed by atoms with E-state index in [0.29, 0.717) is 25.4 Å². The summed E-state index contributed by atoms with van der Waals surface area (Å²) in [4.78, 5) is 26.1. The van der Waals surface area contributed by atoms with Crippen molar-refractivity contribution in [1.29, 1.82) is 0 Å². The fourth-order valence-electron chi connectivity index (χ4n) is 3.24. The van der Waals surface area contributed by atoms with E-state index in [9.17, 15) is 9.59 Å². The van der Waals surface area contributed by atoms with Crippen LogP contribution in [0.2, 0.25) is 0 Å².